The highest BCUT2D eigenvalue weighted by molar-refractivity contribution is 6.29. The first-order valence-corrected chi connectivity index (χ1v) is 6.88. The lowest BCUT2D eigenvalue weighted by molar-refractivity contribution is -0.167. The summed E-state index contributed by atoms with van der Waals surface area (Å²) in [5.41, 5.74) is 1.35. The Morgan fingerprint density at radius 2 is 1.68 bits per heavy atom. The Balaban J connectivity index is 3.94. The van der Waals surface area contributed by atoms with E-state index in [1.807, 2.05) is 0 Å². The van der Waals surface area contributed by atoms with Gasteiger partial charge in [0.05, 0.1) is 13.2 Å². The third-order valence-electron chi connectivity index (χ3n) is 2.55. The highest BCUT2D eigenvalue weighted by atomic mass is 16.6. The van der Waals surface area contributed by atoms with E-state index in [2.05, 4.69) is 38.5 Å². The molecular weight excluding hydrogens is 244 g/mol. The van der Waals surface area contributed by atoms with Crippen LogP contribution in [0, 0.1) is 11.8 Å². The van der Waals surface area contributed by atoms with E-state index in [0.717, 1.165) is 6.42 Å². The van der Waals surface area contributed by atoms with Gasteiger partial charge in [-0.1, -0.05) is 32.4 Å². The molecule has 0 aromatic heterocycles. The maximum Gasteiger partial charge on any atom is 0.417 e. The van der Waals surface area contributed by atoms with Crippen LogP contribution in [0.5, 0.6) is 0 Å². The van der Waals surface area contributed by atoms with Gasteiger partial charge < -0.3 is 9.47 Å². The van der Waals surface area contributed by atoms with Crippen LogP contribution in [-0.4, -0.2) is 25.2 Å². The molecule has 19 heavy (non-hydrogen) atoms. The molecule has 4 heteroatoms. The van der Waals surface area contributed by atoms with E-state index in [-0.39, 0.29) is 13.2 Å². The molecule has 4 nitrogen and oxygen atoms in total. The molecule has 0 radical (unpaired) electrons. The molecule has 0 aromatic carbocycles. The van der Waals surface area contributed by atoms with E-state index >= 15 is 0 Å². The molecule has 0 fully saturated rings. The summed E-state index contributed by atoms with van der Waals surface area (Å²) in [5.74, 6) is -0.850. The SMILES string of the molecule is CCOC(=O)C(=O)OCCC(C)C=C(C)CC(C)C. The number of esters is 2. The van der Waals surface area contributed by atoms with Gasteiger partial charge in [0.25, 0.3) is 0 Å². The minimum atomic E-state index is -0.915. The Morgan fingerprint density at radius 1 is 1.11 bits per heavy atom. The molecule has 110 valence electrons. The van der Waals surface area contributed by atoms with Crippen LogP contribution in [0.15, 0.2) is 11.6 Å². The van der Waals surface area contributed by atoms with E-state index < -0.39 is 11.9 Å². The molecule has 0 N–H and O–H groups in total. The summed E-state index contributed by atoms with van der Waals surface area (Å²) in [4.78, 5) is 22.2. The first kappa shape index (κ1) is 17.7. The van der Waals surface area contributed by atoms with Crippen LogP contribution in [0.25, 0.3) is 0 Å². The molecule has 0 aliphatic heterocycles. The third kappa shape index (κ3) is 9.28. The summed E-state index contributed by atoms with van der Waals surface area (Å²) in [6.45, 7) is 10.6. The number of carbonyl (C=O) groups excluding carboxylic acids is 2. The van der Waals surface area contributed by atoms with Crippen LogP contribution in [0.2, 0.25) is 0 Å². The summed E-state index contributed by atoms with van der Waals surface area (Å²) in [6.07, 6.45) is 3.98. The fourth-order valence-corrected chi connectivity index (χ4v) is 1.87. The summed E-state index contributed by atoms with van der Waals surface area (Å²) < 4.78 is 9.39. The molecular formula is C15H26O4. The molecule has 0 heterocycles. The first-order valence-electron chi connectivity index (χ1n) is 6.88. The number of rotatable bonds is 7. The Bertz CT molecular complexity index is 318. The van der Waals surface area contributed by atoms with Gasteiger partial charge >= 0.3 is 11.9 Å². The standard InChI is InChI=1S/C15H26O4/c1-6-18-14(16)15(17)19-8-7-12(4)10-13(5)9-11(2)3/h10-12H,6-9H2,1-5H3. The second kappa shape index (κ2) is 9.59. The summed E-state index contributed by atoms with van der Waals surface area (Å²) in [6, 6.07) is 0. The molecule has 0 amide bonds. The molecule has 0 rings (SSSR count). The van der Waals surface area contributed by atoms with Gasteiger partial charge in [-0.25, -0.2) is 9.59 Å². The highest BCUT2D eigenvalue weighted by Gasteiger charge is 2.16. The molecule has 0 aromatic rings. The van der Waals surface area contributed by atoms with E-state index in [4.69, 9.17) is 4.74 Å². The molecule has 0 aliphatic rings. The van der Waals surface area contributed by atoms with Crippen molar-refractivity contribution in [2.75, 3.05) is 13.2 Å². The summed E-state index contributed by atoms with van der Waals surface area (Å²) in [7, 11) is 0. The zero-order valence-electron chi connectivity index (χ0n) is 12.7. The van der Waals surface area contributed by atoms with Crippen molar-refractivity contribution in [2.45, 2.75) is 47.5 Å². The second-order valence-electron chi connectivity index (χ2n) is 5.23. The van der Waals surface area contributed by atoms with Crippen LogP contribution in [0.3, 0.4) is 0 Å². The monoisotopic (exact) mass is 270 g/mol. The van der Waals surface area contributed by atoms with Crippen molar-refractivity contribution in [3.63, 3.8) is 0 Å². The van der Waals surface area contributed by atoms with Crippen LogP contribution in [0.4, 0.5) is 0 Å². The van der Waals surface area contributed by atoms with Gasteiger partial charge in [0, 0.05) is 0 Å². The van der Waals surface area contributed by atoms with Crippen LogP contribution >= 0.6 is 0 Å². The van der Waals surface area contributed by atoms with Crippen molar-refractivity contribution < 1.29 is 19.1 Å². The topological polar surface area (TPSA) is 52.6 Å². The Labute approximate surface area is 116 Å². The molecule has 1 atom stereocenters. The molecule has 0 spiro atoms. The molecule has 0 aliphatic carbocycles. The first-order chi connectivity index (χ1) is 8.86. The lowest BCUT2D eigenvalue weighted by Crippen LogP contribution is -2.21. The molecule has 0 saturated heterocycles. The number of carbonyl (C=O) groups is 2. The van der Waals surface area contributed by atoms with Crippen LogP contribution in [0.1, 0.15) is 47.5 Å². The van der Waals surface area contributed by atoms with Gasteiger partial charge in [-0.05, 0) is 38.5 Å². The van der Waals surface area contributed by atoms with Gasteiger partial charge in [0.1, 0.15) is 0 Å². The lowest BCUT2D eigenvalue weighted by atomic mass is 9.99. The van der Waals surface area contributed by atoms with E-state index in [1.165, 1.54) is 5.57 Å². The average molecular weight is 270 g/mol. The second-order valence-corrected chi connectivity index (χ2v) is 5.23. The van der Waals surface area contributed by atoms with Crippen molar-refractivity contribution in [3.8, 4) is 0 Å². The minimum Gasteiger partial charge on any atom is -0.458 e. The van der Waals surface area contributed by atoms with Crippen molar-refractivity contribution >= 4 is 11.9 Å². The highest BCUT2D eigenvalue weighted by Crippen LogP contribution is 2.14. The Morgan fingerprint density at radius 3 is 2.21 bits per heavy atom. The molecule has 1 unspecified atom stereocenters. The van der Waals surface area contributed by atoms with E-state index in [0.29, 0.717) is 18.3 Å². The predicted octanol–water partition coefficient (Wildman–Crippen LogP) is 3.11. The fourth-order valence-electron chi connectivity index (χ4n) is 1.87. The smallest absolute Gasteiger partial charge is 0.417 e. The van der Waals surface area contributed by atoms with E-state index in [1.54, 1.807) is 6.92 Å². The van der Waals surface area contributed by atoms with Crippen LogP contribution < -0.4 is 0 Å². The average Bonchev–Trinajstić information content (AvgIpc) is 2.27. The van der Waals surface area contributed by atoms with Crippen molar-refractivity contribution in [1.29, 1.82) is 0 Å². The van der Waals surface area contributed by atoms with Gasteiger partial charge in [0.2, 0.25) is 0 Å². The summed E-state index contributed by atoms with van der Waals surface area (Å²) in [5, 5.41) is 0. The molecule has 0 bridgehead atoms. The van der Waals surface area contributed by atoms with Gasteiger partial charge in [0.15, 0.2) is 0 Å². The zero-order chi connectivity index (χ0) is 14.8. The van der Waals surface area contributed by atoms with Gasteiger partial charge in [-0.3, -0.25) is 0 Å². The maximum atomic E-state index is 11.2. The van der Waals surface area contributed by atoms with Crippen LogP contribution in [-0.2, 0) is 19.1 Å². The maximum absolute atomic E-state index is 11.2. The minimum absolute atomic E-state index is 0.182. The number of allylic oxidation sites excluding steroid dienone is 2. The van der Waals surface area contributed by atoms with Crippen molar-refractivity contribution in [2.24, 2.45) is 11.8 Å². The Kier molecular flexibility index (Phi) is 8.92. The summed E-state index contributed by atoms with van der Waals surface area (Å²) >= 11 is 0. The van der Waals surface area contributed by atoms with Gasteiger partial charge in [-0.2, -0.15) is 0 Å². The third-order valence-corrected chi connectivity index (χ3v) is 2.55. The van der Waals surface area contributed by atoms with Crippen molar-refractivity contribution in [1.82, 2.24) is 0 Å². The normalized spacial score (nSPS) is 13.3. The largest absolute Gasteiger partial charge is 0.458 e. The fraction of sp³-hybridized carbons (Fsp3) is 0.733. The quantitative estimate of drug-likeness (QED) is 0.405. The Hall–Kier alpha value is -1.32. The van der Waals surface area contributed by atoms with Gasteiger partial charge in [-0.15, -0.1) is 0 Å². The predicted molar refractivity (Wildman–Crippen MR) is 74.6 cm³/mol. The van der Waals surface area contributed by atoms with E-state index in [9.17, 15) is 9.59 Å². The number of hydrogen-bond donors (Lipinski definition) is 0. The number of ether oxygens (including phenoxy) is 2. The number of hydrogen-bond acceptors (Lipinski definition) is 4. The lowest BCUT2D eigenvalue weighted by Gasteiger charge is -2.10. The zero-order valence-corrected chi connectivity index (χ0v) is 12.7. The van der Waals surface area contributed by atoms with Crippen molar-refractivity contribution in [3.05, 3.63) is 11.6 Å². The molecule has 0 saturated carbocycles.